The van der Waals surface area contributed by atoms with Crippen molar-refractivity contribution in [3.05, 3.63) is 59.5 Å². The largest absolute Gasteiger partial charge is 0.497 e. The Hall–Kier alpha value is -3.43. The SMILES string of the molecule is COc1ccc(-c2csc(N3N=C(C)[C@H](N=Nc4cccc(CO)c4)C3=O)n2)cc1. The topological polar surface area (TPSA) is 99.7 Å². The first-order valence-corrected chi connectivity index (χ1v) is 10.1. The molecule has 2 heterocycles. The molecular weight excluding hydrogens is 402 g/mol. The van der Waals surface area contributed by atoms with Crippen LogP contribution in [-0.4, -0.2) is 34.9 Å². The van der Waals surface area contributed by atoms with Crippen LogP contribution in [0.15, 0.2) is 69.2 Å². The highest BCUT2D eigenvalue weighted by Gasteiger charge is 2.36. The summed E-state index contributed by atoms with van der Waals surface area (Å²) in [6.07, 6.45) is 0. The fraction of sp³-hybridized carbons (Fsp3) is 0.190. The lowest BCUT2D eigenvalue weighted by molar-refractivity contribution is -0.117. The van der Waals surface area contributed by atoms with Crippen molar-refractivity contribution < 1.29 is 14.6 Å². The summed E-state index contributed by atoms with van der Waals surface area (Å²) >= 11 is 1.33. The molecule has 4 rings (SSSR count). The summed E-state index contributed by atoms with van der Waals surface area (Å²) < 4.78 is 5.18. The number of amides is 1. The number of hydrogen-bond donors (Lipinski definition) is 1. The predicted molar refractivity (Wildman–Crippen MR) is 115 cm³/mol. The van der Waals surface area contributed by atoms with Gasteiger partial charge in [-0.05, 0) is 48.9 Å². The lowest BCUT2D eigenvalue weighted by atomic mass is 10.2. The highest BCUT2D eigenvalue weighted by Crippen LogP contribution is 2.31. The van der Waals surface area contributed by atoms with Crippen molar-refractivity contribution in [2.75, 3.05) is 12.1 Å². The maximum Gasteiger partial charge on any atom is 0.282 e. The number of rotatable bonds is 6. The molecule has 1 atom stereocenters. The van der Waals surface area contributed by atoms with Gasteiger partial charge in [0.05, 0.1) is 30.8 Å². The smallest absolute Gasteiger partial charge is 0.282 e. The van der Waals surface area contributed by atoms with Gasteiger partial charge in [-0.3, -0.25) is 4.79 Å². The Morgan fingerprint density at radius 2 is 2.03 bits per heavy atom. The van der Waals surface area contributed by atoms with E-state index in [1.807, 2.05) is 29.6 Å². The van der Waals surface area contributed by atoms with Gasteiger partial charge in [-0.15, -0.1) is 11.3 Å². The van der Waals surface area contributed by atoms with E-state index in [-0.39, 0.29) is 12.5 Å². The minimum absolute atomic E-state index is 0.0828. The predicted octanol–water partition coefficient (Wildman–Crippen LogP) is 4.19. The zero-order valence-corrected chi connectivity index (χ0v) is 17.2. The molecule has 0 saturated carbocycles. The summed E-state index contributed by atoms with van der Waals surface area (Å²) in [5.41, 5.74) is 3.51. The first-order valence-electron chi connectivity index (χ1n) is 9.18. The number of carbonyl (C=O) groups is 1. The number of hydrazone groups is 1. The number of benzene rings is 2. The van der Waals surface area contributed by atoms with Gasteiger partial charge in [0.1, 0.15) is 5.75 Å². The minimum atomic E-state index is -0.795. The maximum absolute atomic E-state index is 12.9. The number of ether oxygens (including phenoxy) is 1. The number of carbonyl (C=O) groups excluding carboxylic acids is 1. The van der Waals surface area contributed by atoms with E-state index in [0.717, 1.165) is 22.6 Å². The van der Waals surface area contributed by atoms with Gasteiger partial charge in [0.25, 0.3) is 5.91 Å². The van der Waals surface area contributed by atoms with Gasteiger partial charge in [-0.2, -0.15) is 20.3 Å². The molecule has 1 aromatic heterocycles. The standard InChI is InChI=1S/C21H19N5O3S/c1-13-19(24-23-16-5-3-4-14(10-16)11-27)20(28)26(25-13)21-22-18(12-30-21)15-6-8-17(29-2)9-7-15/h3-10,12,19,27H,11H2,1-2H3/t19-/m0/s1. The van der Waals surface area contributed by atoms with Gasteiger partial charge >= 0.3 is 0 Å². The molecule has 1 N–H and O–H groups in total. The molecule has 8 nitrogen and oxygen atoms in total. The molecule has 1 aliphatic heterocycles. The Kier molecular flexibility index (Phi) is 5.64. The monoisotopic (exact) mass is 421 g/mol. The van der Waals surface area contributed by atoms with Crippen molar-refractivity contribution in [2.45, 2.75) is 19.6 Å². The third-order valence-electron chi connectivity index (χ3n) is 4.54. The van der Waals surface area contributed by atoms with Crippen LogP contribution < -0.4 is 9.75 Å². The molecule has 0 fully saturated rings. The number of methoxy groups -OCH3 is 1. The molecule has 0 unspecified atom stereocenters. The molecule has 3 aromatic rings. The molecule has 1 amide bonds. The molecule has 9 heteroatoms. The summed E-state index contributed by atoms with van der Waals surface area (Å²) in [6.45, 7) is 1.66. The Balaban J connectivity index is 1.52. The fourth-order valence-electron chi connectivity index (χ4n) is 2.92. The highest BCUT2D eigenvalue weighted by atomic mass is 32.1. The van der Waals surface area contributed by atoms with E-state index in [0.29, 0.717) is 16.5 Å². The van der Waals surface area contributed by atoms with Gasteiger partial charge in [0.15, 0.2) is 6.04 Å². The average molecular weight is 421 g/mol. The number of hydrogen-bond acceptors (Lipinski definition) is 8. The lowest BCUT2D eigenvalue weighted by Gasteiger charge is -2.08. The summed E-state index contributed by atoms with van der Waals surface area (Å²) in [4.78, 5) is 17.4. The normalized spacial score (nSPS) is 16.4. The maximum atomic E-state index is 12.9. The number of nitrogens with zero attached hydrogens (tertiary/aromatic N) is 5. The van der Waals surface area contributed by atoms with E-state index in [2.05, 4.69) is 20.3 Å². The van der Waals surface area contributed by atoms with E-state index in [1.54, 1.807) is 38.3 Å². The van der Waals surface area contributed by atoms with Crippen LogP contribution in [-0.2, 0) is 11.4 Å². The average Bonchev–Trinajstić information content (AvgIpc) is 3.37. The second-order valence-corrected chi connectivity index (χ2v) is 7.42. The van der Waals surface area contributed by atoms with Crippen LogP contribution in [0.2, 0.25) is 0 Å². The van der Waals surface area contributed by atoms with Crippen molar-refractivity contribution >= 4 is 33.8 Å². The van der Waals surface area contributed by atoms with E-state index >= 15 is 0 Å². The van der Waals surface area contributed by atoms with Crippen molar-refractivity contribution in [3.63, 3.8) is 0 Å². The van der Waals surface area contributed by atoms with Gasteiger partial charge < -0.3 is 9.84 Å². The third kappa shape index (κ3) is 3.98. The van der Waals surface area contributed by atoms with Gasteiger partial charge in [-0.1, -0.05) is 12.1 Å². The summed E-state index contributed by atoms with van der Waals surface area (Å²) in [5.74, 6) is 0.465. The van der Waals surface area contributed by atoms with Crippen LogP contribution in [0.3, 0.4) is 0 Å². The second-order valence-electron chi connectivity index (χ2n) is 6.58. The molecule has 2 aromatic carbocycles. The number of aliphatic hydroxyl groups excluding tert-OH is 1. The molecule has 0 aliphatic carbocycles. The van der Waals surface area contributed by atoms with Crippen LogP contribution in [0.5, 0.6) is 5.75 Å². The van der Waals surface area contributed by atoms with E-state index in [1.165, 1.54) is 16.3 Å². The molecule has 0 radical (unpaired) electrons. The molecule has 0 spiro atoms. The molecule has 0 bridgehead atoms. The molecular formula is C21H19N5O3S. The Morgan fingerprint density at radius 1 is 1.23 bits per heavy atom. The Morgan fingerprint density at radius 3 is 2.77 bits per heavy atom. The van der Waals surface area contributed by atoms with Gasteiger partial charge in [0, 0.05) is 10.9 Å². The van der Waals surface area contributed by atoms with Crippen molar-refractivity contribution in [1.82, 2.24) is 4.98 Å². The van der Waals surface area contributed by atoms with E-state index in [9.17, 15) is 9.90 Å². The zero-order chi connectivity index (χ0) is 21.1. The number of aliphatic hydroxyl groups is 1. The summed E-state index contributed by atoms with van der Waals surface area (Å²) in [7, 11) is 1.62. The van der Waals surface area contributed by atoms with Gasteiger partial charge in [-0.25, -0.2) is 4.98 Å². The van der Waals surface area contributed by atoms with Crippen molar-refractivity contribution in [1.29, 1.82) is 0 Å². The molecule has 152 valence electrons. The number of thiazole rings is 1. The fourth-order valence-corrected chi connectivity index (χ4v) is 3.71. The Bertz CT molecular complexity index is 1120. The quantitative estimate of drug-likeness (QED) is 0.603. The van der Waals surface area contributed by atoms with E-state index in [4.69, 9.17) is 4.74 Å². The first-order chi connectivity index (χ1) is 14.6. The first kappa shape index (κ1) is 19.9. The molecule has 1 aliphatic rings. The number of anilines is 1. The third-order valence-corrected chi connectivity index (χ3v) is 5.35. The van der Waals surface area contributed by atoms with Crippen molar-refractivity contribution in [3.8, 4) is 17.0 Å². The van der Waals surface area contributed by atoms with Crippen LogP contribution in [0.4, 0.5) is 10.8 Å². The van der Waals surface area contributed by atoms with Crippen molar-refractivity contribution in [2.24, 2.45) is 15.3 Å². The van der Waals surface area contributed by atoms with Crippen LogP contribution in [0, 0.1) is 0 Å². The van der Waals surface area contributed by atoms with Crippen LogP contribution >= 0.6 is 11.3 Å². The minimum Gasteiger partial charge on any atom is -0.497 e. The molecule has 0 saturated heterocycles. The lowest BCUT2D eigenvalue weighted by Crippen LogP contribution is -2.29. The molecule has 30 heavy (non-hydrogen) atoms. The number of aromatic nitrogens is 1. The Labute approximate surface area is 177 Å². The number of azo groups is 1. The van der Waals surface area contributed by atoms with Gasteiger partial charge in [0.2, 0.25) is 5.13 Å². The zero-order valence-electron chi connectivity index (χ0n) is 16.4. The highest BCUT2D eigenvalue weighted by molar-refractivity contribution is 7.14. The summed E-state index contributed by atoms with van der Waals surface area (Å²) in [5, 5.41) is 25.5. The summed E-state index contributed by atoms with van der Waals surface area (Å²) in [6, 6.07) is 13.8. The van der Waals surface area contributed by atoms with Crippen LogP contribution in [0.25, 0.3) is 11.3 Å². The van der Waals surface area contributed by atoms with E-state index < -0.39 is 6.04 Å². The second kappa shape index (κ2) is 8.52. The van der Waals surface area contributed by atoms with Crippen LogP contribution in [0.1, 0.15) is 12.5 Å².